The second-order valence-electron chi connectivity index (χ2n) is 4.27. The molecule has 0 bridgehead atoms. The number of rotatable bonds is 3. The van der Waals surface area contributed by atoms with Gasteiger partial charge in [-0.2, -0.15) is 0 Å². The first kappa shape index (κ1) is 14.0. The van der Waals surface area contributed by atoms with Gasteiger partial charge < -0.3 is 14.4 Å². The molecule has 0 saturated carbocycles. The highest BCUT2D eigenvalue weighted by molar-refractivity contribution is 7.13. The predicted octanol–water partition coefficient (Wildman–Crippen LogP) is 0.856. The fourth-order valence-electron chi connectivity index (χ4n) is 1.91. The van der Waals surface area contributed by atoms with Crippen LogP contribution < -0.4 is 0 Å². The molecule has 1 aliphatic rings. The third kappa shape index (κ3) is 3.51. The van der Waals surface area contributed by atoms with Crippen molar-refractivity contribution in [1.82, 2.24) is 9.88 Å². The number of aromatic nitrogens is 1. The van der Waals surface area contributed by atoms with Gasteiger partial charge in [0.05, 0.1) is 37.4 Å². The van der Waals surface area contributed by atoms with Crippen molar-refractivity contribution in [3.05, 3.63) is 16.1 Å². The number of nitrogens with zero attached hydrogens (tertiary/aromatic N) is 2. The summed E-state index contributed by atoms with van der Waals surface area (Å²) in [5, 5.41) is 0.864. The van der Waals surface area contributed by atoms with Crippen LogP contribution in [0, 0.1) is 6.92 Å². The molecular formula is C12H16N2O4S. The molecule has 1 atom stereocenters. The number of carbonyl (C=O) groups is 2. The van der Waals surface area contributed by atoms with Crippen molar-refractivity contribution in [2.24, 2.45) is 0 Å². The van der Waals surface area contributed by atoms with Gasteiger partial charge in [-0.1, -0.05) is 0 Å². The number of aryl methyl sites for hydroxylation is 1. The average molecular weight is 284 g/mol. The number of hydrogen-bond acceptors (Lipinski definition) is 6. The molecule has 0 N–H and O–H groups in total. The molecule has 1 fully saturated rings. The summed E-state index contributed by atoms with van der Waals surface area (Å²) >= 11 is 1.37. The largest absolute Gasteiger partial charge is 0.469 e. The number of thiazole rings is 1. The van der Waals surface area contributed by atoms with Crippen LogP contribution in [0.4, 0.5) is 0 Å². The Hall–Kier alpha value is -1.47. The Balaban J connectivity index is 1.97. The van der Waals surface area contributed by atoms with Crippen LogP contribution >= 0.6 is 11.3 Å². The van der Waals surface area contributed by atoms with E-state index in [1.165, 1.54) is 18.4 Å². The Bertz CT molecular complexity index is 474. The second-order valence-corrected chi connectivity index (χ2v) is 5.50. The monoisotopic (exact) mass is 284 g/mol. The second kappa shape index (κ2) is 6.12. The number of ether oxygens (including phenoxy) is 2. The van der Waals surface area contributed by atoms with Crippen molar-refractivity contribution < 1.29 is 19.1 Å². The van der Waals surface area contributed by atoms with Gasteiger partial charge in [0.1, 0.15) is 4.88 Å². The van der Waals surface area contributed by atoms with E-state index in [1.54, 1.807) is 11.1 Å². The molecule has 0 radical (unpaired) electrons. The van der Waals surface area contributed by atoms with Crippen LogP contribution in [0.15, 0.2) is 6.20 Å². The summed E-state index contributed by atoms with van der Waals surface area (Å²) in [5.41, 5.74) is 0. The lowest BCUT2D eigenvalue weighted by Gasteiger charge is -2.32. The predicted molar refractivity (Wildman–Crippen MR) is 69.1 cm³/mol. The van der Waals surface area contributed by atoms with E-state index in [4.69, 9.17) is 4.74 Å². The van der Waals surface area contributed by atoms with Crippen molar-refractivity contribution in [3.8, 4) is 0 Å². The van der Waals surface area contributed by atoms with Gasteiger partial charge in [-0.15, -0.1) is 11.3 Å². The molecule has 1 saturated heterocycles. The molecule has 104 valence electrons. The summed E-state index contributed by atoms with van der Waals surface area (Å²) in [7, 11) is 1.34. The maximum Gasteiger partial charge on any atom is 0.308 e. The van der Waals surface area contributed by atoms with Crippen LogP contribution in [-0.4, -0.2) is 54.7 Å². The van der Waals surface area contributed by atoms with Crippen molar-refractivity contribution in [3.63, 3.8) is 0 Å². The normalized spacial score (nSPS) is 19.3. The highest BCUT2D eigenvalue weighted by Gasteiger charge is 2.27. The van der Waals surface area contributed by atoms with Gasteiger partial charge in [0, 0.05) is 13.1 Å². The lowest BCUT2D eigenvalue weighted by molar-refractivity contribution is -0.145. The molecule has 0 spiro atoms. The topological polar surface area (TPSA) is 68.7 Å². The summed E-state index contributed by atoms with van der Waals surface area (Å²) in [6.07, 6.45) is 1.47. The molecule has 19 heavy (non-hydrogen) atoms. The number of methoxy groups -OCH3 is 1. The Morgan fingerprint density at radius 2 is 2.42 bits per heavy atom. The highest BCUT2D eigenvalue weighted by Crippen LogP contribution is 2.17. The molecule has 6 nitrogen and oxygen atoms in total. The minimum atomic E-state index is -0.326. The quantitative estimate of drug-likeness (QED) is 0.770. The first-order valence-corrected chi connectivity index (χ1v) is 6.82. The van der Waals surface area contributed by atoms with E-state index in [1.807, 2.05) is 6.92 Å². The maximum absolute atomic E-state index is 12.2. The first-order chi connectivity index (χ1) is 9.10. The number of carbonyl (C=O) groups excluding carboxylic acids is 2. The zero-order valence-corrected chi connectivity index (χ0v) is 11.7. The fraction of sp³-hybridized carbons (Fsp3) is 0.583. The summed E-state index contributed by atoms with van der Waals surface area (Å²) in [4.78, 5) is 29.9. The third-order valence-corrected chi connectivity index (χ3v) is 3.78. The zero-order valence-electron chi connectivity index (χ0n) is 10.9. The van der Waals surface area contributed by atoms with E-state index in [9.17, 15) is 9.59 Å². The third-order valence-electron chi connectivity index (χ3n) is 2.88. The standard InChI is InChI=1S/C12H16N2O4S/c1-8-13-6-10(19-8)12(16)14-3-4-18-9(7-14)5-11(15)17-2/h6,9H,3-5,7H2,1-2H3. The Morgan fingerprint density at radius 1 is 1.63 bits per heavy atom. The SMILES string of the molecule is COC(=O)CC1CN(C(=O)c2cnc(C)s2)CCO1. The summed E-state index contributed by atoms with van der Waals surface area (Å²) in [6.45, 7) is 3.24. The smallest absolute Gasteiger partial charge is 0.308 e. The van der Waals surface area contributed by atoms with Crippen LogP contribution in [0.2, 0.25) is 0 Å². The van der Waals surface area contributed by atoms with Crippen LogP contribution in [0.1, 0.15) is 21.1 Å². The van der Waals surface area contributed by atoms with Crippen molar-refractivity contribution in [1.29, 1.82) is 0 Å². The number of morpholine rings is 1. The van der Waals surface area contributed by atoms with Gasteiger partial charge in [0.2, 0.25) is 0 Å². The van der Waals surface area contributed by atoms with E-state index in [0.717, 1.165) is 5.01 Å². The maximum atomic E-state index is 12.2. The molecule has 2 rings (SSSR count). The summed E-state index contributed by atoms with van der Waals surface area (Å²) < 4.78 is 10.1. The van der Waals surface area contributed by atoms with Gasteiger partial charge in [-0.25, -0.2) is 4.98 Å². The number of hydrogen-bond donors (Lipinski definition) is 0. The van der Waals surface area contributed by atoms with E-state index < -0.39 is 0 Å². The molecular weight excluding hydrogens is 268 g/mol. The van der Waals surface area contributed by atoms with Crippen molar-refractivity contribution in [2.45, 2.75) is 19.4 Å². The van der Waals surface area contributed by atoms with E-state index in [-0.39, 0.29) is 24.4 Å². The summed E-state index contributed by atoms with van der Waals surface area (Å²) in [5.74, 6) is -0.378. The Labute approximate surface area is 115 Å². The lowest BCUT2D eigenvalue weighted by Crippen LogP contribution is -2.46. The minimum Gasteiger partial charge on any atom is -0.469 e. The van der Waals surface area contributed by atoms with Crippen LogP contribution in [0.5, 0.6) is 0 Å². The first-order valence-electron chi connectivity index (χ1n) is 6.00. The van der Waals surface area contributed by atoms with Gasteiger partial charge in [-0.3, -0.25) is 9.59 Å². The van der Waals surface area contributed by atoms with Crippen molar-refractivity contribution >= 4 is 23.2 Å². The highest BCUT2D eigenvalue weighted by atomic mass is 32.1. The molecule has 0 aliphatic carbocycles. The molecule has 1 aromatic rings. The van der Waals surface area contributed by atoms with E-state index in [0.29, 0.717) is 24.6 Å². The zero-order chi connectivity index (χ0) is 13.8. The molecule has 1 unspecified atom stereocenters. The number of esters is 1. The van der Waals surface area contributed by atoms with E-state index in [2.05, 4.69) is 9.72 Å². The molecule has 1 amide bonds. The van der Waals surface area contributed by atoms with E-state index >= 15 is 0 Å². The molecule has 1 aliphatic heterocycles. The number of amides is 1. The lowest BCUT2D eigenvalue weighted by atomic mass is 10.2. The van der Waals surface area contributed by atoms with Gasteiger partial charge >= 0.3 is 5.97 Å². The van der Waals surface area contributed by atoms with Crippen LogP contribution in [0.25, 0.3) is 0 Å². The molecule has 2 heterocycles. The Kier molecular flexibility index (Phi) is 4.49. The molecule has 0 aromatic carbocycles. The fourth-order valence-corrected chi connectivity index (χ4v) is 2.66. The molecule has 1 aromatic heterocycles. The molecule has 7 heteroatoms. The van der Waals surface area contributed by atoms with Gasteiger partial charge in [0.25, 0.3) is 5.91 Å². The van der Waals surface area contributed by atoms with Crippen LogP contribution in [-0.2, 0) is 14.3 Å². The van der Waals surface area contributed by atoms with Crippen molar-refractivity contribution in [2.75, 3.05) is 26.8 Å². The Morgan fingerprint density at radius 3 is 3.05 bits per heavy atom. The minimum absolute atomic E-state index is 0.0521. The van der Waals surface area contributed by atoms with Crippen LogP contribution in [0.3, 0.4) is 0 Å². The van der Waals surface area contributed by atoms with Gasteiger partial charge in [-0.05, 0) is 6.92 Å². The van der Waals surface area contributed by atoms with Gasteiger partial charge in [0.15, 0.2) is 0 Å². The average Bonchev–Trinajstić information content (AvgIpc) is 2.84. The summed E-state index contributed by atoms with van der Waals surface area (Å²) in [6, 6.07) is 0.